The van der Waals surface area contributed by atoms with E-state index in [1.807, 2.05) is 5.32 Å². The number of hydrogen-bond acceptors (Lipinski definition) is 2. The summed E-state index contributed by atoms with van der Waals surface area (Å²) in [6, 6.07) is 3.85. The first kappa shape index (κ1) is 31.9. The molecular weight excluding hydrogens is 626 g/mol. The van der Waals surface area contributed by atoms with Gasteiger partial charge in [0.05, 0.1) is 32.1 Å². The summed E-state index contributed by atoms with van der Waals surface area (Å²) in [5, 5.41) is 2.87. The van der Waals surface area contributed by atoms with E-state index in [1.165, 1.54) is 0 Å². The Balaban J connectivity index is 1.90. The molecule has 218 valence electrons. The number of alkyl halides is 9. The Hall–Kier alpha value is -2.64. The van der Waals surface area contributed by atoms with Crippen LogP contribution in [0, 0.1) is 0 Å². The van der Waals surface area contributed by atoms with Crippen molar-refractivity contribution in [2.75, 3.05) is 6.54 Å². The molecule has 0 spiro atoms. The second kappa shape index (κ2) is 11.3. The van der Waals surface area contributed by atoms with E-state index in [9.17, 15) is 49.1 Å². The maximum Gasteiger partial charge on any atom is 0.417 e. The maximum absolute atomic E-state index is 13.8. The third-order valence-electron chi connectivity index (χ3n) is 5.78. The van der Waals surface area contributed by atoms with Gasteiger partial charge in [-0.3, -0.25) is 9.59 Å². The van der Waals surface area contributed by atoms with Crippen LogP contribution in [0.2, 0.25) is 15.1 Å². The molecule has 1 atom stereocenters. The first-order valence-corrected chi connectivity index (χ1v) is 12.1. The quantitative estimate of drug-likeness (QED) is 0.238. The van der Waals surface area contributed by atoms with Gasteiger partial charge in [-0.05, 0) is 48.2 Å². The number of amides is 2. The van der Waals surface area contributed by atoms with Crippen LogP contribution in [0.4, 0.5) is 39.5 Å². The molecule has 16 heteroatoms. The molecule has 2 aromatic rings. The molecule has 1 fully saturated rings. The lowest BCUT2D eigenvalue weighted by Gasteiger charge is -2.20. The predicted octanol–water partition coefficient (Wildman–Crippen LogP) is 7.97. The van der Waals surface area contributed by atoms with Crippen LogP contribution in [0.5, 0.6) is 0 Å². The van der Waals surface area contributed by atoms with E-state index >= 15 is 0 Å². The summed E-state index contributed by atoms with van der Waals surface area (Å²) < 4.78 is 120. The van der Waals surface area contributed by atoms with Gasteiger partial charge in [-0.1, -0.05) is 53.0 Å². The highest BCUT2D eigenvalue weighted by Gasteiger charge is 2.52. The second-order valence-corrected chi connectivity index (χ2v) is 10.0. The highest BCUT2D eigenvalue weighted by molar-refractivity contribution is 6.48. The molecule has 0 saturated heterocycles. The topological polar surface area (TPSA) is 58.2 Å². The smallest absolute Gasteiger partial charge is 0.345 e. The fourth-order valence-corrected chi connectivity index (χ4v) is 4.25. The van der Waals surface area contributed by atoms with Gasteiger partial charge in [-0.25, -0.2) is 0 Å². The van der Waals surface area contributed by atoms with Crippen molar-refractivity contribution in [3.8, 4) is 0 Å². The second-order valence-electron chi connectivity index (χ2n) is 8.81. The van der Waals surface area contributed by atoms with Gasteiger partial charge in [0.2, 0.25) is 5.91 Å². The van der Waals surface area contributed by atoms with E-state index in [0.717, 1.165) is 24.3 Å². The number of benzene rings is 2. The number of carbonyl (C=O) groups excluding carboxylic acids is 2. The van der Waals surface area contributed by atoms with Gasteiger partial charge in [0.15, 0.2) is 0 Å². The van der Waals surface area contributed by atoms with Crippen LogP contribution in [0.3, 0.4) is 0 Å². The highest BCUT2D eigenvalue weighted by atomic mass is 35.5. The van der Waals surface area contributed by atoms with E-state index in [4.69, 9.17) is 34.8 Å². The molecule has 2 amide bonds. The zero-order chi connectivity index (χ0) is 30.3. The van der Waals surface area contributed by atoms with E-state index in [-0.39, 0.29) is 33.5 Å². The Morgan fingerprint density at radius 3 is 1.98 bits per heavy atom. The molecule has 0 unspecified atom stereocenters. The van der Waals surface area contributed by atoms with Gasteiger partial charge in [-0.15, -0.1) is 0 Å². The fraction of sp³-hybridized carbons (Fsp3) is 0.333. The standard InChI is InChI=1S/C24H16Cl3F9N2O2/c25-16-8-12(9-17(26)18(16)27)14(23(31,32)33)4-2-11-1-3-13(15(7-11)24(34,35)36)19(39)38-21(5-6-21)20(40)37-10-22(28,29)30/h1-4,7-9,14H,5-6,10H2,(H,37,40)(H,38,39)/b4-2+/t14-/m0/s1. The van der Waals surface area contributed by atoms with E-state index in [0.29, 0.717) is 18.2 Å². The Kier molecular flexibility index (Phi) is 9.03. The number of carbonyl (C=O) groups is 2. The molecule has 3 rings (SSSR count). The molecule has 0 heterocycles. The summed E-state index contributed by atoms with van der Waals surface area (Å²) in [5.41, 5.74) is -5.14. The minimum Gasteiger partial charge on any atom is -0.345 e. The van der Waals surface area contributed by atoms with Crippen LogP contribution in [0.25, 0.3) is 6.08 Å². The van der Waals surface area contributed by atoms with Gasteiger partial charge in [0, 0.05) is 0 Å². The van der Waals surface area contributed by atoms with E-state index in [1.54, 1.807) is 5.32 Å². The van der Waals surface area contributed by atoms with Gasteiger partial charge in [-0.2, -0.15) is 39.5 Å². The van der Waals surface area contributed by atoms with Crippen LogP contribution in [-0.4, -0.2) is 36.3 Å². The third-order valence-corrected chi connectivity index (χ3v) is 6.98. The van der Waals surface area contributed by atoms with Crippen molar-refractivity contribution in [2.45, 2.75) is 42.8 Å². The number of nitrogens with one attached hydrogen (secondary N) is 2. The summed E-state index contributed by atoms with van der Waals surface area (Å²) in [6.45, 7) is -1.70. The summed E-state index contributed by atoms with van der Waals surface area (Å²) in [6.07, 6.45) is -13.7. The number of rotatable bonds is 7. The molecule has 2 N–H and O–H groups in total. The molecule has 40 heavy (non-hydrogen) atoms. The van der Waals surface area contributed by atoms with E-state index < -0.39 is 65.0 Å². The Labute approximate surface area is 235 Å². The average molecular weight is 642 g/mol. The molecule has 0 radical (unpaired) electrons. The fourth-order valence-electron chi connectivity index (χ4n) is 3.64. The third kappa shape index (κ3) is 7.76. The summed E-state index contributed by atoms with van der Waals surface area (Å²) in [7, 11) is 0. The largest absolute Gasteiger partial charge is 0.417 e. The first-order chi connectivity index (χ1) is 18.2. The van der Waals surface area contributed by atoms with Crippen LogP contribution in [-0.2, 0) is 11.0 Å². The van der Waals surface area contributed by atoms with Crippen molar-refractivity contribution in [3.05, 3.63) is 73.7 Å². The normalized spacial score (nSPS) is 16.1. The molecule has 0 aliphatic heterocycles. The maximum atomic E-state index is 13.8. The zero-order valence-corrected chi connectivity index (χ0v) is 21.9. The van der Waals surface area contributed by atoms with Gasteiger partial charge >= 0.3 is 18.5 Å². The molecule has 2 aromatic carbocycles. The van der Waals surface area contributed by atoms with Crippen molar-refractivity contribution in [1.82, 2.24) is 10.6 Å². The first-order valence-electron chi connectivity index (χ1n) is 11.0. The Morgan fingerprint density at radius 1 is 0.925 bits per heavy atom. The van der Waals surface area contributed by atoms with Crippen LogP contribution in [0.15, 0.2) is 36.4 Å². The Bertz CT molecular complexity index is 1310. The molecule has 1 aliphatic rings. The van der Waals surface area contributed by atoms with Gasteiger partial charge < -0.3 is 10.6 Å². The Morgan fingerprint density at radius 2 is 1.50 bits per heavy atom. The molecule has 0 bridgehead atoms. The molecular formula is C24H16Cl3F9N2O2. The monoisotopic (exact) mass is 640 g/mol. The lowest BCUT2D eigenvalue weighted by atomic mass is 9.96. The number of allylic oxidation sites excluding steroid dienone is 1. The van der Waals surface area contributed by atoms with Crippen LogP contribution >= 0.6 is 34.8 Å². The lowest BCUT2D eigenvalue weighted by Crippen LogP contribution is -2.51. The lowest BCUT2D eigenvalue weighted by molar-refractivity contribution is -0.140. The molecule has 0 aromatic heterocycles. The zero-order valence-electron chi connectivity index (χ0n) is 19.6. The van der Waals surface area contributed by atoms with Crippen molar-refractivity contribution >= 4 is 52.7 Å². The average Bonchev–Trinajstić information content (AvgIpc) is 3.59. The number of hydrogen-bond donors (Lipinski definition) is 2. The summed E-state index contributed by atoms with van der Waals surface area (Å²) in [5.74, 6) is -4.96. The minimum absolute atomic E-state index is 0.109. The summed E-state index contributed by atoms with van der Waals surface area (Å²) >= 11 is 17.4. The van der Waals surface area contributed by atoms with Crippen molar-refractivity contribution in [2.24, 2.45) is 0 Å². The van der Waals surface area contributed by atoms with Crippen LogP contribution in [0.1, 0.15) is 45.8 Å². The molecule has 1 aliphatic carbocycles. The van der Waals surface area contributed by atoms with Crippen molar-refractivity contribution in [1.29, 1.82) is 0 Å². The predicted molar refractivity (Wildman–Crippen MR) is 129 cm³/mol. The van der Waals surface area contributed by atoms with Crippen molar-refractivity contribution < 1.29 is 49.1 Å². The van der Waals surface area contributed by atoms with Crippen molar-refractivity contribution in [3.63, 3.8) is 0 Å². The summed E-state index contributed by atoms with van der Waals surface area (Å²) in [4.78, 5) is 24.8. The minimum atomic E-state index is -5.16. The highest BCUT2D eigenvalue weighted by Crippen LogP contribution is 2.42. The van der Waals surface area contributed by atoms with Crippen LogP contribution < -0.4 is 10.6 Å². The molecule has 4 nitrogen and oxygen atoms in total. The molecule has 1 saturated carbocycles. The SMILES string of the molecule is O=C(NC1(C(=O)NCC(F)(F)F)CC1)c1ccc(/C=C/[C@@H](c2cc(Cl)c(Cl)c(Cl)c2)C(F)(F)F)cc1C(F)(F)F. The van der Waals surface area contributed by atoms with Gasteiger partial charge in [0.25, 0.3) is 5.91 Å². The van der Waals surface area contributed by atoms with Gasteiger partial charge in [0.1, 0.15) is 12.1 Å². The van der Waals surface area contributed by atoms with E-state index in [2.05, 4.69) is 0 Å². The number of halogens is 12.